The second kappa shape index (κ2) is 8.44. The van der Waals surface area contributed by atoms with E-state index in [2.05, 4.69) is 15.3 Å². The van der Waals surface area contributed by atoms with Crippen LogP contribution >= 0.6 is 0 Å². The van der Waals surface area contributed by atoms with Crippen molar-refractivity contribution < 1.29 is 24.0 Å². The van der Waals surface area contributed by atoms with Crippen LogP contribution in [0.25, 0.3) is 11.0 Å². The van der Waals surface area contributed by atoms with Crippen LogP contribution in [0.5, 0.6) is 0 Å². The van der Waals surface area contributed by atoms with Crippen molar-refractivity contribution in [3.8, 4) is 0 Å². The Morgan fingerprint density at radius 2 is 2.19 bits per heavy atom. The molecule has 3 heterocycles. The predicted octanol–water partition coefficient (Wildman–Crippen LogP) is 1.32. The van der Waals surface area contributed by atoms with Gasteiger partial charge in [0, 0.05) is 18.8 Å². The number of oxime groups is 2. The van der Waals surface area contributed by atoms with Crippen LogP contribution in [-0.4, -0.2) is 59.0 Å². The lowest BCUT2D eigenvalue weighted by Crippen LogP contribution is -2.31. The summed E-state index contributed by atoms with van der Waals surface area (Å²) in [6, 6.07) is 1.07. The third-order valence-electron chi connectivity index (χ3n) is 5.43. The van der Waals surface area contributed by atoms with Gasteiger partial charge in [0.2, 0.25) is 5.43 Å². The maximum atomic E-state index is 15.1. The first-order valence-electron chi connectivity index (χ1n) is 10.1. The number of carboxylic acid groups (broad SMARTS) is 1. The summed E-state index contributed by atoms with van der Waals surface area (Å²) in [6.45, 7) is 2.53. The number of nitrogens with zero attached hydrogens (tertiary/aromatic N) is 5. The van der Waals surface area contributed by atoms with Crippen molar-refractivity contribution in [2.75, 3.05) is 31.7 Å². The Morgan fingerprint density at radius 3 is 2.81 bits per heavy atom. The average Bonchev–Trinajstić information content (AvgIpc) is 3.51. The summed E-state index contributed by atoms with van der Waals surface area (Å²) in [4.78, 5) is 40.1. The number of pyridine rings is 2. The topological polar surface area (TPSA) is 145 Å². The lowest BCUT2D eigenvalue weighted by atomic mass is 10.1. The fraction of sp³-hybridized carbons (Fsp3) is 0.450. The Hall–Kier alpha value is -3.70. The van der Waals surface area contributed by atoms with E-state index >= 15 is 4.39 Å². The summed E-state index contributed by atoms with van der Waals surface area (Å²) in [5.74, 6) is -2.42. The van der Waals surface area contributed by atoms with Crippen LogP contribution in [0.1, 0.15) is 36.2 Å². The molecule has 2 aromatic heterocycles. The first-order chi connectivity index (χ1) is 15.3. The molecule has 170 valence electrons. The summed E-state index contributed by atoms with van der Waals surface area (Å²) in [5, 5.41) is 17.2. The summed E-state index contributed by atoms with van der Waals surface area (Å²) < 4.78 is 16.8. The van der Waals surface area contributed by atoms with Gasteiger partial charge in [-0.15, -0.1) is 0 Å². The molecule has 0 amide bonds. The third-order valence-corrected chi connectivity index (χ3v) is 5.43. The van der Waals surface area contributed by atoms with E-state index < -0.39 is 28.7 Å². The second-order valence-electron chi connectivity index (χ2n) is 7.61. The van der Waals surface area contributed by atoms with Gasteiger partial charge in [0.25, 0.3) is 0 Å². The smallest absolute Gasteiger partial charge is 0.341 e. The molecule has 4 rings (SSSR count). The Morgan fingerprint density at radius 1 is 1.44 bits per heavy atom. The second-order valence-corrected chi connectivity index (χ2v) is 7.61. The van der Waals surface area contributed by atoms with Crippen LogP contribution in [0.2, 0.25) is 0 Å². The number of amidine groups is 1. The average molecular weight is 446 g/mol. The van der Waals surface area contributed by atoms with E-state index in [1.54, 1.807) is 16.4 Å². The van der Waals surface area contributed by atoms with Crippen molar-refractivity contribution in [3.05, 3.63) is 33.9 Å². The minimum atomic E-state index is -1.36. The van der Waals surface area contributed by atoms with Crippen LogP contribution in [-0.2, 0) is 9.68 Å². The van der Waals surface area contributed by atoms with Gasteiger partial charge in [0.05, 0.1) is 23.6 Å². The molecule has 2 aliphatic rings. The van der Waals surface area contributed by atoms with E-state index in [-0.39, 0.29) is 41.8 Å². The zero-order chi connectivity index (χ0) is 23.0. The van der Waals surface area contributed by atoms with Gasteiger partial charge in [-0.05, 0) is 25.8 Å². The van der Waals surface area contributed by atoms with E-state index in [0.717, 1.165) is 18.9 Å². The molecule has 0 aromatic carbocycles. The van der Waals surface area contributed by atoms with E-state index in [4.69, 9.17) is 15.4 Å². The van der Waals surface area contributed by atoms with Gasteiger partial charge in [-0.2, -0.15) is 0 Å². The number of hydrogen-bond donors (Lipinski definition) is 2. The molecule has 1 aliphatic carbocycles. The minimum absolute atomic E-state index is 0.00582. The molecule has 3 N–H and O–H groups in total. The number of aromatic carboxylic acids is 1. The minimum Gasteiger partial charge on any atom is -0.477 e. The first-order valence-corrected chi connectivity index (χ1v) is 10.1. The molecule has 1 atom stereocenters. The van der Waals surface area contributed by atoms with Gasteiger partial charge in [-0.1, -0.05) is 10.3 Å². The largest absolute Gasteiger partial charge is 0.477 e. The molecule has 0 spiro atoms. The number of fused-ring (bicyclic) bond motifs is 1. The Balaban J connectivity index is 1.81. The molecule has 1 unspecified atom stereocenters. The highest BCUT2D eigenvalue weighted by molar-refractivity contribution is 6.10. The quantitative estimate of drug-likeness (QED) is 0.368. The van der Waals surface area contributed by atoms with E-state index in [0.29, 0.717) is 12.3 Å². The molecule has 2 aromatic rings. The third kappa shape index (κ3) is 3.83. The van der Waals surface area contributed by atoms with Gasteiger partial charge in [-0.25, -0.2) is 14.2 Å². The number of nitrogens with two attached hydrogens (primary N) is 1. The lowest BCUT2D eigenvalue weighted by Gasteiger charge is -2.19. The highest BCUT2D eigenvalue weighted by atomic mass is 19.1. The van der Waals surface area contributed by atoms with E-state index in [1.165, 1.54) is 13.3 Å². The van der Waals surface area contributed by atoms with Crippen LogP contribution in [0.15, 0.2) is 27.4 Å². The van der Waals surface area contributed by atoms with Crippen LogP contribution in [0.3, 0.4) is 0 Å². The maximum Gasteiger partial charge on any atom is 0.341 e. The predicted molar refractivity (Wildman–Crippen MR) is 115 cm³/mol. The first kappa shape index (κ1) is 21.5. The van der Waals surface area contributed by atoms with Crippen molar-refractivity contribution in [2.24, 2.45) is 22.0 Å². The van der Waals surface area contributed by atoms with Crippen molar-refractivity contribution in [1.29, 1.82) is 0 Å². The number of hydrogen-bond acceptors (Lipinski definition) is 8. The Bertz CT molecular complexity index is 1190. The van der Waals surface area contributed by atoms with E-state index in [1.807, 2.05) is 0 Å². The number of carboxylic acids is 1. The van der Waals surface area contributed by atoms with Crippen LogP contribution < -0.4 is 16.1 Å². The molecule has 1 aliphatic heterocycles. The van der Waals surface area contributed by atoms with Crippen molar-refractivity contribution in [3.63, 3.8) is 0 Å². The highest BCUT2D eigenvalue weighted by Crippen LogP contribution is 2.37. The van der Waals surface area contributed by atoms with Crippen molar-refractivity contribution in [2.45, 2.75) is 25.8 Å². The van der Waals surface area contributed by atoms with Crippen LogP contribution in [0.4, 0.5) is 10.2 Å². The Labute approximate surface area is 181 Å². The zero-order valence-electron chi connectivity index (χ0n) is 17.6. The molecule has 0 radical (unpaired) electrons. The van der Waals surface area contributed by atoms with E-state index in [9.17, 15) is 14.7 Å². The fourth-order valence-electron chi connectivity index (χ4n) is 3.77. The molecule has 32 heavy (non-hydrogen) atoms. The number of carbonyl (C=O) groups is 1. The normalized spacial score (nSPS) is 20.2. The number of aromatic nitrogens is 2. The summed E-state index contributed by atoms with van der Waals surface area (Å²) >= 11 is 0. The number of rotatable bonds is 7. The molecule has 12 heteroatoms. The van der Waals surface area contributed by atoms with Crippen molar-refractivity contribution >= 4 is 34.4 Å². The molecular formula is C20H23FN6O5. The van der Waals surface area contributed by atoms with Gasteiger partial charge in [0.1, 0.15) is 30.8 Å². The number of halogens is 1. The molecule has 1 saturated heterocycles. The van der Waals surface area contributed by atoms with Gasteiger partial charge >= 0.3 is 5.97 Å². The summed E-state index contributed by atoms with van der Waals surface area (Å²) in [7, 11) is 1.37. The molecule has 11 nitrogen and oxygen atoms in total. The SMILES string of the molecule is CCO/N=C1\CN(c2nc3c(cc2F)c(=O)c(C(=O)O)cn3C2CC2)CC1/C(N)=N\OC. The lowest BCUT2D eigenvalue weighted by molar-refractivity contribution is 0.0695. The van der Waals surface area contributed by atoms with Gasteiger partial charge in [0.15, 0.2) is 11.6 Å². The summed E-state index contributed by atoms with van der Waals surface area (Å²) in [6.07, 6.45) is 2.94. The molecular weight excluding hydrogens is 423 g/mol. The summed E-state index contributed by atoms with van der Waals surface area (Å²) in [5.41, 5.74) is 5.60. The fourth-order valence-corrected chi connectivity index (χ4v) is 3.77. The number of anilines is 1. The van der Waals surface area contributed by atoms with Gasteiger partial charge in [-0.3, -0.25) is 4.79 Å². The van der Waals surface area contributed by atoms with Crippen LogP contribution in [0, 0.1) is 11.7 Å². The van der Waals surface area contributed by atoms with Gasteiger partial charge < -0.3 is 30.0 Å². The standard InChI is InChI=1S/C20H23FN6O5/c1-3-32-24-15-9-26(7-12(15)17(22)25-31-2)19-14(21)6-11-16(28)13(20(29)30)8-27(10-4-5-10)18(11)23-19/h6,8,10,12H,3-5,7,9H2,1-2H3,(H2,22,25)(H,29,30)/b24-15+. The maximum absolute atomic E-state index is 15.1. The molecule has 0 bridgehead atoms. The Kier molecular flexibility index (Phi) is 5.68. The highest BCUT2D eigenvalue weighted by Gasteiger charge is 2.36. The monoisotopic (exact) mass is 446 g/mol. The molecule has 2 fully saturated rings. The zero-order valence-corrected chi connectivity index (χ0v) is 17.6. The van der Waals surface area contributed by atoms with Crippen molar-refractivity contribution in [1.82, 2.24) is 9.55 Å². The molecule has 1 saturated carbocycles.